The van der Waals surface area contributed by atoms with E-state index in [1.807, 2.05) is 0 Å². The Morgan fingerprint density at radius 3 is 2.38 bits per heavy atom. The molecule has 1 aliphatic rings. The van der Waals surface area contributed by atoms with E-state index in [1.54, 1.807) is 6.07 Å². The topological polar surface area (TPSA) is 121 Å². The number of furan rings is 1. The third-order valence-electron chi connectivity index (χ3n) is 6.86. The molecule has 8 nitrogen and oxygen atoms in total. The lowest BCUT2D eigenvalue weighted by Crippen LogP contribution is -2.38. The van der Waals surface area contributed by atoms with Crippen LogP contribution in [0.1, 0.15) is 75.2 Å². The number of thioether (sulfide) groups is 1. The molecule has 39 heavy (non-hydrogen) atoms. The van der Waals surface area contributed by atoms with Crippen molar-refractivity contribution in [2.75, 3.05) is 11.9 Å². The van der Waals surface area contributed by atoms with Crippen LogP contribution in [0.3, 0.4) is 0 Å². The van der Waals surface area contributed by atoms with Crippen LogP contribution in [0.2, 0.25) is 0 Å². The van der Waals surface area contributed by atoms with Gasteiger partial charge in [0.2, 0.25) is 0 Å². The van der Waals surface area contributed by atoms with Crippen LogP contribution in [0.5, 0.6) is 0 Å². The highest BCUT2D eigenvalue weighted by molar-refractivity contribution is 8.00. The Morgan fingerprint density at radius 2 is 1.77 bits per heavy atom. The highest BCUT2D eigenvalue weighted by Crippen LogP contribution is 2.44. The predicted molar refractivity (Wildman–Crippen MR) is 141 cm³/mol. The molecule has 4 N–H and O–H groups in total. The van der Waals surface area contributed by atoms with Gasteiger partial charge in [-0.1, -0.05) is 26.8 Å². The number of rotatable bonds is 9. The minimum absolute atomic E-state index is 0.00976. The van der Waals surface area contributed by atoms with Gasteiger partial charge in [0.15, 0.2) is 5.76 Å². The average molecular weight is 570 g/mol. The molecule has 3 rings (SSSR count). The number of aliphatic carboxylic acids is 1. The molecule has 0 bridgehead atoms. The zero-order valence-electron chi connectivity index (χ0n) is 22.1. The molecule has 12 heteroatoms. The summed E-state index contributed by atoms with van der Waals surface area (Å²) in [6.07, 6.45) is 3.29. The maximum absolute atomic E-state index is 13.0. The minimum atomic E-state index is -4.45. The highest BCUT2D eigenvalue weighted by atomic mass is 32.2. The van der Waals surface area contributed by atoms with Gasteiger partial charge in [0.25, 0.3) is 5.91 Å². The number of carbonyl (C=O) groups excluding carboxylic acids is 2. The summed E-state index contributed by atoms with van der Waals surface area (Å²) in [6, 6.07) is 7.35. The second-order valence-corrected chi connectivity index (χ2v) is 11.9. The van der Waals surface area contributed by atoms with Crippen molar-refractivity contribution in [2.45, 2.75) is 69.3 Å². The molecular formula is C27H34F3N3O5S. The lowest BCUT2D eigenvalue weighted by molar-refractivity contribution is -0.136. The minimum Gasteiger partial charge on any atom is -0.481 e. The number of nitrogens with one attached hydrogen (secondary N) is 3. The number of hydrogen-bond donors (Lipinski definition) is 4. The zero-order chi connectivity index (χ0) is 28.8. The van der Waals surface area contributed by atoms with Gasteiger partial charge in [-0.15, -0.1) is 0 Å². The van der Waals surface area contributed by atoms with Gasteiger partial charge in [0.05, 0.1) is 12.5 Å². The van der Waals surface area contributed by atoms with E-state index in [0.29, 0.717) is 11.7 Å². The summed E-state index contributed by atoms with van der Waals surface area (Å²) < 4.78 is 44.1. The van der Waals surface area contributed by atoms with Crippen molar-refractivity contribution in [3.63, 3.8) is 0 Å². The fourth-order valence-electron chi connectivity index (χ4n) is 4.83. The van der Waals surface area contributed by atoms with Gasteiger partial charge in [-0.25, -0.2) is 4.79 Å². The van der Waals surface area contributed by atoms with E-state index >= 15 is 0 Å². The molecule has 0 spiro atoms. The monoisotopic (exact) mass is 569 g/mol. The summed E-state index contributed by atoms with van der Waals surface area (Å²) >= 11 is -0.267. The van der Waals surface area contributed by atoms with Crippen LogP contribution in [-0.2, 0) is 4.79 Å². The summed E-state index contributed by atoms with van der Waals surface area (Å²) in [6.45, 7) is 6.55. The van der Waals surface area contributed by atoms with Crippen LogP contribution in [0.4, 0.5) is 23.7 Å². The Kier molecular flexibility index (Phi) is 9.98. The summed E-state index contributed by atoms with van der Waals surface area (Å²) in [5, 5.41) is 16.8. The fourth-order valence-corrected chi connectivity index (χ4v) is 5.43. The first-order valence-electron chi connectivity index (χ1n) is 12.7. The number of alkyl halides is 3. The fraction of sp³-hybridized carbons (Fsp3) is 0.519. The maximum Gasteiger partial charge on any atom is 0.446 e. The highest BCUT2D eigenvalue weighted by Gasteiger charge is 2.36. The van der Waals surface area contributed by atoms with Crippen molar-refractivity contribution in [3.8, 4) is 0 Å². The number of anilines is 1. The molecule has 1 heterocycles. The smallest absolute Gasteiger partial charge is 0.446 e. The Labute approximate surface area is 229 Å². The van der Waals surface area contributed by atoms with Gasteiger partial charge >= 0.3 is 17.5 Å². The van der Waals surface area contributed by atoms with Gasteiger partial charge in [0, 0.05) is 17.1 Å². The second kappa shape index (κ2) is 12.8. The van der Waals surface area contributed by atoms with Gasteiger partial charge < -0.3 is 25.5 Å². The van der Waals surface area contributed by atoms with Crippen molar-refractivity contribution in [1.29, 1.82) is 0 Å². The summed E-state index contributed by atoms with van der Waals surface area (Å²) in [7, 11) is 0. The number of carboxylic acids is 1. The summed E-state index contributed by atoms with van der Waals surface area (Å²) in [4.78, 5) is 36.0. The van der Waals surface area contributed by atoms with E-state index < -0.39 is 29.5 Å². The van der Waals surface area contributed by atoms with Crippen molar-refractivity contribution >= 4 is 35.4 Å². The molecule has 1 aromatic heterocycles. The zero-order valence-corrected chi connectivity index (χ0v) is 22.9. The third-order valence-corrected chi connectivity index (χ3v) is 7.58. The number of amides is 3. The van der Waals surface area contributed by atoms with Gasteiger partial charge in [-0.3, -0.25) is 9.59 Å². The van der Waals surface area contributed by atoms with Crippen LogP contribution in [0.15, 0.2) is 45.7 Å². The van der Waals surface area contributed by atoms with E-state index in [4.69, 9.17) is 9.52 Å². The summed E-state index contributed by atoms with van der Waals surface area (Å²) in [5.41, 5.74) is -4.10. The molecule has 1 saturated carbocycles. The van der Waals surface area contributed by atoms with Crippen LogP contribution < -0.4 is 16.0 Å². The third kappa shape index (κ3) is 9.52. The number of urea groups is 1. The normalized spacial score (nSPS) is 18.7. The molecular weight excluding hydrogens is 535 g/mol. The molecule has 1 aromatic carbocycles. The molecule has 2 aromatic rings. The van der Waals surface area contributed by atoms with E-state index in [-0.39, 0.29) is 52.4 Å². The quantitative estimate of drug-likeness (QED) is 0.246. The number of benzene rings is 1. The van der Waals surface area contributed by atoms with Crippen molar-refractivity contribution in [2.24, 2.45) is 17.3 Å². The Balaban J connectivity index is 1.75. The Hall–Kier alpha value is -3.15. The van der Waals surface area contributed by atoms with E-state index in [1.165, 1.54) is 30.3 Å². The molecule has 0 saturated heterocycles. The number of carboxylic acid groups (broad SMARTS) is 1. The Morgan fingerprint density at radius 1 is 1.08 bits per heavy atom. The Bertz CT molecular complexity index is 1150. The average Bonchev–Trinajstić information content (AvgIpc) is 3.31. The predicted octanol–water partition coefficient (Wildman–Crippen LogP) is 6.81. The maximum atomic E-state index is 13.0. The number of halogens is 3. The lowest BCUT2D eigenvalue weighted by atomic mass is 9.68. The van der Waals surface area contributed by atoms with Gasteiger partial charge in [-0.2, -0.15) is 13.2 Å². The molecule has 1 aliphatic carbocycles. The van der Waals surface area contributed by atoms with E-state index in [9.17, 15) is 27.6 Å². The largest absolute Gasteiger partial charge is 0.481 e. The standard InChI is InChI=1S/C27H34F3N3O5S/c1-26(2,3)17-9-7-16(8-10-17)23(20-11-12-21(38-20)24(36)31-14-13-22(34)35)33-25(37)32-18-5-4-6-19(15-18)39-27(28,29)30/h4-6,11-12,15-17,23H,7-10,13-14H2,1-3H3,(H,31,36)(H,34,35)(H2,32,33,37). The molecule has 1 atom stereocenters. The number of carbonyl (C=O) groups is 3. The SMILES string of the molecule is CC(C)(C)C1CCC(C(NC(=O)Nc2cccc(SC(F)(F)F)c2)c2ccc(C(=O)NCCC(=O)O)o2)CC1. The second-order valence-electron chi connectivity index (χ2n) is 10.7. The lowest BCUT2D eigenvalue weighted by Gasteiger charge is -2.39. The van der Waals surface area contributed by atoms with Crippen LogP contribution in [0.25, 0.3) is 0 Å². The van der Waals surface area contributed by atoms with E-state index in [2.05, 4.69) is 36.7 Å². The van der Waals surface area contributed by atoms with Gasteiger partial charge in [-0.05, 0) is 85.0 Å². The first kappa shape index (κ1) is 30.4. The summed E-state index contributed by atoms with van der Waals surface area (Å²) in [5.74, 6) is -0.725. The molecule has 0 radical (unpaired) electrons. The molecule has 1 fully saturated rings. The van der Waals surface area contributed by atoms with Crippen LogP contribution in [0, 0.1) is 17.3 Å². The molecule has 1 unspecified atom stereocenters. The first-order chi connectivity index (χ1) is 18.2. The van der Waals surface area contributed by atoms with Crippen LogP contribution >= 0.6 is 11.8 Å². The van der Waals surface area contributed by atoms with Crippen molar-refractivity contribution < 1.29 is 37.1 Å². The van der Waals surface area contributed by atoms with Crippen molar-refractivity contribution in [1.82, 2.24) is 10.6 Å². The van der Waals surface area contributed by atoms with Crippen molar-refractivity contribution in [3.05, 3.63) is 47.9 Å². The van der Waals surface area contributed by atoms with E-state index in [0.717, 1.165) is 25.7 Å². The molecule has 3 amide bonds. The van der Waals surface area contributed by atoms with Gasteiger partial charge in [0.1, 0.15) is 5.76 Å². The molecule has 214 valence electrons. The van der Waals surface area contributed by atoms with Crippen LogP contribution in [-0.4, -0.2) is 35.1 Å². The number of hydrogen-bond acceptors (Lipinski definition) is 5. The first-order valence-corrected chi connectivity index (χ1v) is 13.6. The molecule has 0 aliphatic heterocycles.